The van der Waals surface area contributed by atoms with Crippen molar-refractivity contribution in [1.82, 2.24) is 19.2 Å². The number of aromatic nitrogens is 2. The highest BCUT2D eigenvalue weighted by Crippen LogP contribution is 2.27. The molecule has 1 aromatic rings. The second kappa shape index (κ2) is 6.98. The number of nitrogens with zero attached hydrogens (tertiary/aromatic N) is 3. The van der Waals surface area contributed by atoms with Crippen molar-refractivity contribution >= 4 is 16.0 Å². The van der Waals surface area contributed by atoms with Crippen molar-refractivity contribution in [2.75, 3.05) is 13.1 Å². The number of likely N-dealkylation sites (N-methyl/N-ethyl adjacent to an activating group) is 1. The third kappa shape index (κ3) is 4.10. The fourth-order valence-electron chi connectivity index (χ4n) is 2.86. The summed E-state index contributed by atoms with van der Waals surface area (Å²) < 4.78 is 29.1. The van der Waals surface area contributed by atoms with E-state index in [-0.39, 0.29) is 23.7 Å². The molecule has 0 atom stereocenters. The van der Waals surface area contributed by atoms with Gasteiger partial charge in [-0.3, -0.25) is 9.69 Å². The lowest BCUT2D eigenvalue weighted by Crippen LogP contribution is -2.54. The fourth-order valence-corrected chi connectivity index (χ4v) is 4.13. The number of carboxylic acids is 1. The first-order valence-corrected chi connectivity index (χ1v) is 9.27. The van der Waals surface area contributed by atoms with Crippen LogP contribution in [0.1, 0.15) is 32.5 Å². The minimum Gasteiger partial charge on any atom is -0.480 e. The maximum atomic E-state index is 12.3. The Morgan fingerprint density at radius 1 is 1.48 bits per heavy atom. The standard InChI is InChI=1S/C14H24N4O4S/c1-4-17-8-13(15-10(17)3)23(21,22)16-11-6-12(7-11)18(5-2)9-14(19)20/h8,11-12,16H,4-7,9H2,1-3H3,(H,19,20). The molecule has 9 heteroatoms. The van der Waals surface area contributed by atoms with Gasteiger partial charge in [-0.15, -0.1) is 0 Å². The van der Waals surface area contributed by atoms with Gasteiger partial charge < -0.3 is 9.67 Å². The third-order valence-electron chi connectivity index (χ3n) is 4.27. The number of sulfonamides is 1. The van der Waals surface area contributed by atoms with E-state index in [2.05, 4.69) is 9.71 Å². The molecule has 8 nitrogen and oxygen atoms in total. The summed E-state index contributed by atoms with van der Waals surface area (Å²) in [5.41, 5.74) is 0. The Morgan fingerprint density at radius 3 is 2.61 bits per heavy atom. The van der Waals surface area contributed by atoms with Gasteiger partial charge >= 0.3 is 5.97 Å². The summed E-state index contributed by atoms with van der Waals surface area (Å²) >= 11 is 0. The molecule has 0 spiro atoms. The van der Waals surface area contributed by atoms with Gasteiger partial charge in [-0.2, -0.15) is 0 Å². The molecule has 2 N–H and O–H groups in total. The number of nitrogens with one attached hydrogen (secondary N) is 1. The molecule has 1 fully saturated rings. The van der Waals surface area contributed by atoms with E-state index in [9.17, 15) is 13.2 Å². The quantitative estimate of drug-likeness (QED) is 0.708. The van der Waals surface area contributed by atoms with E-state index >= 15 is 0 Å². The Hall–Kier alpha value is -1.45. The van der Waals surface area contributed by atoms with E-state index in [0.717, 1.165) is 0 Å². The Kier molecular flexibility index (Phi) is 5.43. The van der Waals surface area contributed by atoms with Crippen LogP contribution in [0.3, 0.4) is 0 Å². The third-order valence-corrected chi connectivity index (χ3v) is 5.66. The molecule has 0 unspecified atom stereocenters. The van der Waals surface area contributed by atoms with Gasteiger partial charge in [-0.1, -0.05) is 6.92 Å². The van der Waals surface area contributed by atoms with Crippen molar-refractivity contribution < 1.29 is 18.3 Å². The molecule has 1 aliphatic carbocycles. The molecule has 1 heterocycles. The van der Waals surface area contributed by atoms with Gasteiger partial charge in [0.15, 0.2) is 5.03 Å². The highest BCUT2D eigenvalue weighted by Gasteiger charge is 2.36. The van der Waals surface area contributed by atoms with Crippen LogP contribution in [0.2, 0.25) is 0 Å². The molecule has 2 rings (SSSR count). The number of carbonyl (C=O) groups is 1. The van der Waals surface area contributed by atoms with Crippen LogP contribution in [0.4, 0.5) is 0 Å². The molecular formula is C14H24N4O4S. The molecule has 0 amide bonds. The first-order chi connectivity index (χ1) is 10.8. The van der Waals surface area contributed by atoms with Gasteiger partial charge in [0.25, 0.3) is 10.0 Å². The van der Waals surface area contributed by atoms with Gasteiger partial charge in [0.1, 0.15) is 5.82 Å². The summed E-state index contributed by atoms with van der Waals surface area (Å²) in [5, 5.41) is 8.91. The van der Waals surface area contributed by atoms with E-state index in [1.54, 1.807) is 11.5 Å². The van der Waals surface area contributed by atoms with Crippen molar-refractivity contribution in [2.24, 2.45) is 0 Å². The fraction of sp³-hybridized carbons (Fsp3) is 0.714. The molecule has 1 saturated carbocycles. The van der Waals surface area contributed by atoms with Crippen molar-refractivity contribution in [3.8, 4) is 0 Å². The number of aliphatic carboxylic acids is 1. The number of hydrogen-bond acceptors (Lipinski definition) is 5. The molecular weight excluding hydrogens is 320 g/mol. The predicted octanol–water partition coefficient (Wildman–Crippen LogP) is 0.427. The van der Waals surface area contributed by atoms with Crippen molar-refractivity contribution in [2.45, 2.75) is 57.3 Å². The number of imidazole rings is 1. The number of carboxylic acid groups (broad SMARTS) is 1. The van der Waals surface area contributed by atoms with Crippen LogP contribution < -0.4 is 4.72 Å². The Labute approximate surface area is 136 Å². The second-order valence-corrected chi connectivity index (χ2v) is 7.47. The first-order valence-electron chi connectivity index (χ1n) is 7.78. The molecule has 0 radical (unpaired) electrons. The lowest BCUT2D eigenvalue weighted by molar-refractivity contribution is -0.139. The highest BCUT2D eigenvalue weighted by atomic mass is 32.2. The van der Waals surface area contributed by atoms with Crippen LogP contribution in [0.15, 0.2) is 11.2 Å². The van der Waals surface area contributed by atoms with Crippen LogP contribution in [0.5, 0.6) is 0 Å². The zero-order chi connectivity index (χ0) is 17.2. The van der Waals surface area contributed by atoms with Gasteiger partial charge in [-0.05, 0) is 33.2 Å². The minimum atomic E-state index is -3.63. The zero-order valence-electron chi connectivity index (χ0n) is 13.7. The molecule has 0 bridgehead atoms. The summed E-state index contributed by atoms with van der Waals surface area (Å²) in [6.07, 6.45) is 2.78. The van der Waals surface area contributed by atoms with Crippen LogP contribution >= 0.6 is 0 Å². The molecule has 130 valence electrons. The molecule has 1 aromatic heterocycles. The van der Waals surface area contributed by atoms with Crippen LogP contribution in [0, 0.1) is 6.92 Å². The van der Waals surface area contributed by atoms with E-state index < -0.39 is 16.0 Å². The van der Waals surface area contributed by atoms with Crippen molar-refractivity contribution in [3.05, 3.63) is 12.0 Å². The first kappa shape index (κ1) is 17.9. The summed E-state index contributed by atoms with van der Waals surface area (Å²) in [4.78, 5) is 16.8. The van der Waals surface area contributed by atoms with E-state index in [1.165, 1.54) is 6.20 Å². The number of aryl methyl sites for hydroxylation is 2. The molecule has 23 heavy (non-hydrogen) atoms. The Bertz CT molecular complexity index is 664. The average Bonchev–Trinajstić information content (AvgIpc) is 2.82. The lowest BCUT2D eigenvalue weighted by Gasteiger charge is -2.41. The molecule has 0 saturated heterocycles. The molecule has 0 aliphatic heterocycles. The highest BCUT2D eigenvalue weighted by molar-refractivity contribution is 7.89. The van der Waals surface area contributed by atoms with Crippen LogP contribution in [0.25, 0.3) is 0 Å². The number of hydrogen-bond donors (Lipinski definition) is 2. The monoisotopic (exact) mass is 344 g/mol. The molecule has 1 aliphatic rings. The SMILES string of the molecule is CCN(CC(=O)O)C1CC(NS(=O)(=O)c2cn(CC)c(C)n2)C1. The van der Waals surface area contributed by atoms with Gasteiger partial charge in [-0.25, -0.2) is 18.1 Å². The average molecular weight is 344 g/mol. The Morgan fingerprint density at radius 2 is 2.13 bits per heavy atom. The van der Waals surface area contributed by atoms with Gasteiger partial charge in [0.2, 0.25) is 0 Å². The summed E-state index contributed by atoms with van der Waals surface area (Å²) in [6, 6.07) is -0.0568. The van der Waals surface area contributed by atoms with Gasteiger partial charge in [0.05, 0.1) is 6.54 Å². The Balaban J connectivity index is 1.94. The second-order valence-electron chi connectivity index (χ2n) is 5.81. The maximum absolute atomic E-state index is 12.3. The lowest BCUT2D eigenvalue weighted by atomic mass is 9.86. The topological polar surface area (TPSA) is 105 Å². The minimum absolute atomic E-state index is 0.0132. The molecule has 0 aromatic carbocycles. The maximum Gasteiger partial charge on any atom is 0.317 e. The van der Waals surface area contributed by atoms with Crippen molar-refractivity contribution in [3.63, 3.8) is 0 Å². The zero-order valence-corrected chi connectivity index (χ0v) is 14.5. The van der Waals surface area contributed by atoms with E-state index in [0.29, 0.717) is 31.8 Å². The summed E-state index contributed by atoms with van der Waals surface area (Å²) in [7, 11) is -3.63. The number of rotatable bonds is 8. The normalized spacial score (nSPS) is 21.4. The predicted molar refractivity (Wildman–Crippen MR) is 84.7 cm³/mol. The van der Waals surface area contributed by atoms with Crippen LogP contribution in [-0.4, -0.2) is 59.1 Å². The van der Waals surface area contributed by atoms with Crippen LogP contribution in [-0.2, 0) is 21.4 Å². The van der Waals surface area contributed by atoms with Crippen molar-refractivity contribution in [1.29, 1.82) is 0 Å². The van der Waals surface area contributed by atoms with E-state index in [4.69, 9.17) is 5.11 Å². The summed E-state index contributed by atoms with van der Waals surface area (Å²) in [5.74, 6) is -0.200. The summed E-state index contributed by atoms with van der Waals surface area (Å²) in [6.45, 7) is 6.89. The largest absolute Gasteiger partial charge is 0.480 e. The smallest absolute Gasteiger partial charge is 0.317 e. The van der Waals surface area contributed by atoms with E-state index in [1.807, 2.05) is 18.7 Å². The van der Waals surface area contributed by atoms with Gasteiger partial charge in [0, 0.05) is 24.8 Å².